The quantitative estimate of drug-likeness (QED) is 0.669. The summed E-state index contributed by atoms with van der Waals surface area (Å²) in [5.41, 5.74) is 2.06. The lowest BCUT2D eigenvalue weighted by atomic mass is 10.2. The highest BCUT2D eigenvalue weighted by atomic mass is 32.2. The summed E-state index contributed by atoms with van der Waals surface area (Å²) in [5.74, 6) is 0.566. The van der Waals surface area contributed by atoms with Crippen LogP contribution >= 0.6 is 0 Å². The molecule has 1 aliphatic heterocycles. The van der Waals surface area contributed by atoms with Crippen molar-refractivity contribution in [2.75, 3.05) is 18.4 Å². The molecular weight excluding hydrogens is 404 g/mol. The van der Waals surface area contributed by atoms with E-state index < -0.39 is 10.0 Å². The number of anilines is 1. The van der Waals surface area contributed by atoms with Crippen LogP contribution in [0.3, 0.4) is 0 Å². The number of benzene rings is 2. The Balaban J connectivity index is 1.51. The van der Waals surface area contributed by atoms with Crippen molar-refractivity contribution in [1.29, 1.82) is 0 Å². The lowest BCUT2D eigenvalue weighted by Crippen LogP contribution is -2.35. The molecule has 2 heterocycles. The summed E-state index contributed by atoms with van der Waals surface area (Å²) < 4.78 is 32.4. The summed E-state index contributed by atoms with van der Waals surface area (Å²) in [5, 5.41) is 6.70. The van der Waals surface area contributed by atoms with E-state index >= 15 is 0 Å². The summed E-state index contributed by atoms with van der Waals surface area (Å²) in [6.07, 6.45) is 2.87. The van der Waals surface area contributed by atoms with Crippen molar-refractivity contribution in [1.82, 2.24) is 14.4 Å². The molecule has 0 unspecified atom stereocenters. The Morgan fingerprint density at radius 1 is 0.967 bits per heavy atom. The fourth-order valence-corrected chi connectivity index (χ4v) is 4.90. The number of hydrogen-bond acceptors (Lipinski definition) is 6. The molecule has 9 heteroatoms. The van der Waals surface area contributed by atoms with Gasteiger partial charge in [-0.25, -0.2) is 8.42 Å². The van der Waals surface area contributed by atoms with Gasteiger partial charge in [-0.1, -0.05) is 11.6 Å². The first-order valence-corrected chi connectivity index (χ1v) is 11.2. The zero-order valence-electron chi connectivity index (χ0n) is 16.5. The van der Waals surface area contributed by atoms with Gasteiger partial charge in [0.05, 0.1) is 4.90 Å². The van der Waals surface area contributed by atoms with E-state index in [1.807, 2.05) is 0 Å². The van der Waals surface area contributed by atoms with Gasteiger partial charge in [0.25, 0.3) is 5.89 Å². The molecule has 1 aromatic heterocycles. The first-order chi connectivity index (χ1) is 14.4. The Kier molecular flexibility index (Phi) is 5.65. The number of carbonyl (C=O) groups is 1. The molecule has 0 spiro atoms. The molecule has 4 rings (SSSR count). The maximum atomic E-state index is 12.8. The summed E-state index contributed by atoms with van der Waals surface area (Å²) in [4.78, 5) is 15.8. The first-order valence-electron chi connectivity index (χ1n) is 9.76. The highest BCUT2D eigenvalue weighted by Gasteiger charge is 2.26. The molecule has 0 saturated carbocycles. The Morgan fingerprint density at radius 3 is 2.23 bits per heavy atom. The van der Waals surface area contributed by atoms with Gasteiger partial charge in [0.15, 0.2) is 0 Å². The second kappa shape index (κ2) is 8.37. The standard InChI is InChI=1S/C21H22N4O4S/c1-15(26)22-18-9-5-17(6-10-18)21-23-20(24-29-21)16-7-11-19(12-8-16)30(27,28)25-13-3-2-4-14-25/h5-12H,2-4,13-14H2,1H3,(H,22,26). The Bertz CT molecular complexity index is 1130. The van der Waals surface area contributed by atoms with E-state index in [1.54, 1.807) is 52.8 Å². The van der Waals surface area contributed by atoms with Gasteiger partial charge < -0.3 is 9.84 Å². The van der Waals surface area contributed by atoms with E-state index in [-0.39, 0.29) is 10.8 Å². The normalized spacial score (nSPS) is 15.1. The zero-order valence-corrected chi connectivity index (χ0v) is 17.4. The number of nitrogens with zero attached hydrogens (tertiary/aromatic N) is 3. The summed E-state index contributed by atoms with van der Waals surface area (Å²) in [7, 11) is -3.47. The van der Waals surface area contributed by atoms with E-state index in [2.05, 4.69) is 15.5 Å². The number of rotatable bonds is 5. The van der Waals surface area contributed by atoms with Crippen molar-refractivity contribution in [3.63, 3.8) is 0 Å². The van der Waals surface area contributed by atoms with Crippen LogP contribution in [0.2, 0.25) is 0 Å². The molecule has 1 N–H and O–H groups in total. The van der Waals surface area contributed by atoms with Crippen molar-refractivity contribution in [2.45, 2.75) is 31.1 Å². The molecule has 0 atom stereocenters. The smallest absolute Gasteiger partial charge is 0.258 e. The van der Waals surface area contributed by atoms with Crippen molar-refractivity contribution < 1.29 is 17.7 Å². The lowest BCUT2D eigenvalue weighted by molar-refractivity contribution is -0.114. The van der Waals surface area contributed by atoms with Gasteiger partial charge >= 0.3 is 0 Å². The van der Waals surface area contributed by atoms with E-state index in [1.165, 1.54) is 6.92 Å². The monoisotopic (exact) mass is 426 g/mol. The van der Waals surface area contributed by atoms with Gasteiger partial charge in [0, 0.05) is 36.8 Å². The molecule has 1 amide bonds. The van der Waals surface area contributed by atoms with Crippen LogP contribution in [-0.4, -0.2) is 41.9 Å². The van der Waals surface area contributed by atoms with Gasteiger partial charge in [-0.15, -0.1) is 0 Å². The first kappa shape index (κ1) is 20.2. The summed E-state index contributed by atoms with van der Waals surface area (Å²) >= 11 is 0. The van der Waals surface area contributed by atoms with Crippen LogP contribution in [-0.2, 0) is 14.8 Å². The average Bonchev–Trinajstić information content (AvgIpc) is 3.25. The molecule has 0 bridgehead atoms. The van der Waals surface area contributed by atoms with Gasteiger partial charge in [-0.05, 0) is 61.4 Å². The third kappa shape index (κ3) is 4.27. The van der Waals surface area contributed by atoms with E-state index in [0.717, 1.165) is 19.3 Å². The number of hydrogen-bond donors (Lipinski definition) is 1. The number of piperidine rings is 1. The molecule has 1 aliphatic rings. The number of aromatic nitrogens is 2. The number of sulfonamides is 1. The van der Waals surface area contributed by atoms with Crippen LogP contribution in [0.15, 0.2) is 57.9 Å². The molecule has 2 aromatic carbocycles. The molecule has 1 fully saturated rings. The van der Waals surface area contributed by atoms with Crippen molar-refractivity contribution in [3.8, 4) is 22.8 Å². The molecule has 8 nitrogen and oxygen atoms in total. The van der Waals surface area contributed by atoms with Crippen molar-refractivity contribution in [2.24, 2.45) is 0 Å². The minimum atomic E-state index is -3.47. The van der Waals surface area contributed by atoms with Crippen LogP contribution in [0.1, 0.15) is 26.2 Å². The minimum Gasteiger partial charge on any atom is -0.334 e. The van der Waals surface area contributed by atoms with Gasteiger partial charge in [-0.2, -0.15) is 9.29 Å². The topological polar surface area (TPSA) is 105 Å². The van der Waals surface area contributed by atoms with Gasteiger partial charge in [-0.3, -0.25) is 4.79 Å². The van der Waals surface area contributed by atoms with Crippen molar-refractivity contribution in [3.05, 3.63) is 48.5 Å². The predicted octanol–water partition coefficient (Wildman–Crippen LogP) is 3.54. The Morgan fingerprint density at radius 2 is 1.60 bits per heavy atom. The second-order valence-corrected chi connectivity index (χ2v) is 9.11. The van der Waals surface area contributed by atoms with E-state index in [9.17, 15) is 13.2 Å². The number of nitrogens with one attached hydrogen (secondary N) is 1. The molecular formula is C21H22N4O4S. The lowest BCUT2D eigenvalue weighted by Gasteiger charge is -2.25. The molecule has 3 aromatic rings. The van der Waals surface area contributed by atoms with Gasteiger partial charge in [0.1, 0.15) is 0 Å². The molecule has 30 heavy (non-hydrogen) atoms. The largest absolute Gasteiger partial charge is 0.334 e. The highest BCUT2D eigenvalue weighted by molar-refractivity contribution is 7.89. The molecule has 0 aliphatic carbocycles. The summed E-state index contributed by atoms with van der Waals surface area (Å²) in [6, 6.07) is 13.6. The summed E-state index contributed by atoms with van der Waals surface area (Å²) in [6.45, 7) is 2.58. The predicted molar refractivity (Wildman–Crippen MR) is 112 cm³/mol. The number of amides is 1. The maximum absolute atomic E-state index is 12.8. The third-order valence-corrected chi connectivity index (χ3v) is 6.86. The molecule has 156 valence electrons. The van der Waals surface area contributed by atoms with Crippen LogP contribution in [0.4, 0.5) is 5.69 Å². The highest BCUT2D eigenvalue weighted by Crippen LogP contribution is 2.26. The minimum absolute atomic E-state index is 0.145. The van der Waals surface area contributed by atoms with E-state index in [4.69, 9.17) is 4.52 Å². The molecule has 1 saturated heterocycles. The molecule has 0 radical (unpaired) electrons. The average molecular weight is 426 g/mol. The van der Waals surface area contributed by atoms with Crippen molar-refractivity contribution >= 4 is 21.6 Å². The Hall–Kier alpha value is -3.04. The van der Waals surface area contributed by atoms with E-state index in [0.29, 0.717) is 41.6 Å². The zero-order chi connectivity index (χ0) is 21.1. The third-order valence-electron chi connectivity index (χ3n) is 4.94. The van der Waals surface area contributed by atoms with Crippen LogP contribution in [0.5, 0.6) is 0 Å². The van der Waals surface area contributed by atoms with Gasteiger partial charge in [0.2, 0.25) is 21.8 Å². The maximum Gasteiger partial charge on any atom is 0.258 e. The van der Waals surface area contributed by atoms with Crippen LogP contribution in [0, 0.1) is 0 Å². The Labute approximate surface area is 175 Å². The fourth-order valence-electron chi connectivity index (χ4n) is 3.39. The fraction of sp³-hybridized carbons (Fsp3) is 0.286. The number of carbonyl (C=O) groups excluding carboxylic acids is 1. The SMILES string of the molecule is CC(=O)Nc1ccc(-c2nc(-c3ccc(S(=O)(=O)N4CCCCC4)cc3)no2)cc1. The van der Waals surface area contributed by atoms with Crippen LogP contribution in [0.25, 0.3) is 22.8 Å². The second-order valence-electron chi connectivity index (χ2n) is 7.17. The van der Waals surface area contributed by atoms with Crippen LogP contribution < -0.4 is 5.32 Å².